The smallest absolute Gasteiger partial charge is 0.126 e. The van der Waals surface area contributed by atoms with E-state index >= 15 is 0 Å². The zero-order valence-electron chi connectivity index (χ0n) is 8.87. The Morgan fingerprint density at radius 1 is 1.43 bits per heavy atom. The average Bonchev–Trinajstić information content (AvgIpc) is 2.07. The summed E-state index contributed by atoms with van der Waals surface area (Å²) in [5.74, 6) is 0.238. The van der Waals surface area contributed by atoms with E-state index in [1.54, 1.807) is 7.11 Å². The number of methoxy groups -OCH3 is 1. The summed E-state index contributed by atoms with van der Waals surface area (Å²) < 4.78 is 4.98. The molecule has 14 heavy (non-hydrogen) atoms. The normalized spacial score (nSPS) is 11.7. The largest absolute Gasteiger partial charge is 0.507 e. The Labute approximate surface area is 84.5 Å². The van der Waals surface area contributed by atoms with Gasteiger partial charge in [-0.25, -0.2) is 0 Å². The second-order valence-corrected chi connectivity index (χ2v) is 3.97. The number of hydrogen-bond acceptors (Lipinski definition) is 3. The van der Waals surface area contributed by atoms with Gasteiger partial charge < -0.3 is 15.6 Å². The maximum Gasteiger partial charge on any atom is 0.126 e. The molecule has 3 heteroatoms. The van der Waals surface area contributed by atoms with Gasteiger partial charge in [0.25, 0.3) is 0 Å². The predicted molar refractivity (Wildman–Crippen MR) is 56.0 cm³/mol. The maximum atomic E-state index is 9.90. The first-order valence-electron chi connectivity index (χ1n) is 4.56. The van der Waals surface area contributed by atoms with Crippen LogP contribution in [-0.4, -0.2) is 12.2 Å². The number of phenols is 1. The SMILES string of the molecule is COCc1cccc(C(C)(C)N)c1O. The molecule has 0 amide bonds. The van der Waals surface area contributed by atoms with Gasteiger partial charge in [-0.1, -0.05) is 18.2 Å². The Morgan fingerprint density at radius 2 is 2.07 bits per heavy atom. The molecule has 0 heterocycles. The van der Waals surface area contributed by atoms with Crippen LogP contribution in [-0.2, 0) is 16.9 Å². The number of nitrogens with two attached hydrogens (primary N) is 1. The number of ether oxygens (including phenoxy) is 1. The molecule has 0 aliphatic rings. The molecule has 3 nitrogen and oxygen atoms in total. The number of benzene rings is 1. The molecule has 0 radical (unpaired) electrons. The Morgan fingerprint density at radius 3 is 2.57 bits per heavy atom. The summed E-state index contributed by atoms with van der Waals surface area (Å²) in [7, 11) is 1.60. The van der Waals surface area contributed by atoms with Crippen LogP contribution in [0.1, 0.15) is 25.0 Å². The van der Waals surface area contributed by atoms with E-state index in [1.807, 2.05) is 32.0 Å². The molecule has 1 rings (SSSR count). The minimum atomic E-state index is -0.534. The second kappa shape index (κ2) is 3.98. The molecule has 3 N–H and O–H groups in total. The van der Waals surface area contributed by atoms with E-state index in [-0.39, 0.29) is 5.75 Å². The average molecular weight is 195 g/mol. The van der Waals surface area contributed by atoms with Crippen LogP contribution < -0.4 is 5.73 Å². The summed E-state index contributed by atoms with van der Waals surface area (Å²) in [6.07, 6.45) is 0. The van der Waals surface area contributed by atoms with Crippen molar-refractivity contribution in [2.24, 2.45) is 5.73 Å². The van der Waals surface area contributed by atoms with E-state index in [0.717, 1.165) is 11.1 Å². The molecule has 0 fully saturated rings. The molecule has 78 valence electrons. The Kier molecular flexibility index (Phi) is 3.13. The fraction of sp³-hybridized carbons (Fsp3) is 0.455. The summed E-state index contributed by atoms with van der Waals surface area (Å²) in [5, 5.41) is 9.90. The lowest BCUT2D eigenvalue weighted by atomic mass is 9.93. The quantitative estimate of drug-likeness (QED) is 0.772. The van der Waals surface area contributed by atoms with Gasteiger partial charge in [-0.05, 0) is 13.8 Å². The van der Waals surface area contributed by atoms with E-state index in [4.69, 9.17) is 10.5 Å². The van der Waals surface area contributed by atoms with Gasteiger partial charge in [-0.2, -0.15) is 0 Å². The third-order valence-corrected chi connectivity index (χ3v) is 2.11. The van der Waals surface area contributed by atoms with Crippen LogP contribution in [0.3, 0.4) is 0 Å². The second-order valence-electron chi connectivity index (χ2n) is 3.97. The summed E-state index contributed by atoms with van der Waals surface area (Å²) in [5.41, 5.74) is 6.90. The zero-order chi connectivity index (χ0) is 10.8. The van der Waals surface area contributed by atoms with Crippen molar-refractivity contribution >= 4 is 0 Å². The first kappa shape index (κ1) is 11.0. The summed E-state index contributed by atoms with van der Waals surface area (Å²) in [6.45, 7) is 4.12. The van der Waals surface area contributed by atoms with E-state index < -0.39 is 5.54 Å². The number of rotatable bonds is 3. The molecule has 1 aromatic rings. The Bertz CT molecular complexity index is 316. The van der Waals surface area contributed by atoms with Crippen LogP contribution in [0.15, 0.2) is 18.2 Å². The lowest BCUT2D eigenvalue weighted by Crippen LogP contribution is -2.28. The van der Waals surface area contributed by atoms with E-state index in [2.05, 4.69) is 0 Å². The van der Waals surface area contributed by atoms with Gasteiger partial charge in [-0.3, -0.25) is 0 Å². The van der Waals surface area contributed by atoms with E-state index in [9.17, 15) is 5.11 Å². The molecule has 0 unspecified atom stereocenters. The van der Waals surface area contributed by atoms with Gasteiger partial charge in [0, 0.05) is 23.8 Å². The zero-order valence-corrected chi connectivity index (χ0v) is 8.87. The van der Waals surface area contributed by atoms with Gasteiger partial charge in [-0.15, -0.1) is 0 Å². The summed E-state index contributed by atoms with van der Waals surface area (Å²) in [4.78, 5) is 0. The van der Waals surface area contributed by atoms with Gasteiger partial charge in [0.05, 0.1) is 6.61 Å². The highest BCUT2D eigenvalue weighted by molar-refractivity contribution is 5.43. The van der Waals surface area contributed by atoms with Crippen molar-refractivity contribution in [2.45, 2.75) is 26.0 Å². The molecule has 1 aromatic carbocycles. The van der Waals surface area contributed by atoms with Crippen LogP contribution in [0.2, 0.25) is 0 Å². The van der Waals surface area contributed by atoms with Crippen LogP contribution in [0.25, 0.3) is 0 Å². The fourth-order valence-corrected chi connectivity index (χ4v) is 1.38. The summed E-state index contributed by atoms with van der Waals surface area (Å²) >= 11 is 0. The minimum Gasteiger partial charge on any atom is -0.507 e. The lowest BCUT2D eigenvalue weighted by molar-refractivity contribution is 0.181. The number of phenolic OH excluding ortho intramolecular Hbond substituents is 1. The highest BCUT2D eigenvalue weighted by Gasteiger charge is 2.19. The highest BCUT2D eigenvalue weighted by Crippen LogP contribution is 2.30. The molecule has 0 bridgehead atoms. The molecule has 0 saturated carbocycles. The third-order valence-electron chi connectivity index (χ3n) is 2.11. The first-order chi connectivity index (χ1) is 6.46. The topological polar surface area (TPSA) is 55.5 Å². The van der Waals surface area contributed by atoms with Crippen LogP contribution in [0, 0.1) is 0 Å². The van der Waals surface area contributed by atoms with Gasteiger partial charge >= 0.3 is 0 Å². The van der Waals surface area contributed by atoms with Crippen LogP contribution >= 0.6 is 0 Å². The molecular formula is C11H17NO2. The first-order valence-corrected chi connectivity index (χ1v) is 4.56. The lowest BCUT2D eigenvalue weighted by Gasteiger charge is -2.21. The maximum absolute atomic E-state index is 9.90. The van der Waals surface area contributed by atoms with Crippen molar-refractivity contribution in [2.75, 3.05) is 7.11 Å². The predicted octanol–water partition coefficient (Wildman–Crippen LogP) is 1.73. The van der Waals surface area contributed by atoms with Crippen molar-refractivity contribution in [1.29, 1.82) is 0 Å². The monoisotopic (exact) mass is 195 g/mol. The fourth-order valence-electron chi connectivity index (χ4n) is 1.38. The van der Waals surface area contributed by atoms with Crippen molar-refractivity contribution < 1.29 is 9.84 Å². The van der Waals surface area contributed by atoms with Gasteiger partial charge in [0.2, 0.25) is 0 Å². The molecule has 0 aromatic heterocycles. The summed E-state index contributed by atoms with van der Waals surface area (Å²) in [6, 6.07) is 5.53. The number of hydrogen-bond donors (Lipinski definition) is 2. The third kappa shape index (κ3) is 2.25. The Hall–Kier alpha value is -1.06. The Balaban J connectivity index is 3.14. The molecule has 0 atom stereocenters. The van der Waals surface area contributed by atoms with Crippen molar-refractivity contribution in [3.8, 4) is 5.75 Å². The van der Waals surface area contributed by atoms with E-state index in [1.165, 1.54) is 0 Å². The van der Waals surface area contributed by atoms with Crippen molar-refractivity contribution in [1.82, 2.24) is 0 Å². The molecular weight excluding hydrogens is 178 g/mol. The van der Waals surface area contributed by atoms with Gasteiger partial charge in [0.1, 0.15) is 5.75 Å². The number of para-hydroxylation sites is 1. The number of aromatic hydroxyl groups is 1. The molecule has 0 saturated heterocycles. The van der Waals surface area contributed by atoms with Crippen LogP contribution in [0.5, 0.6) is 5.75 Å². The molecule has 0 aliphatic carbocycles. The standard InChI is InChI=1S/C11H17NO2/c1-11(2,12)9-6-4-5-8(7-14-3)10(9)13/h4-6,13H,7,12H2,1-3H3. The van der Waals surface area contributed by atoms with E-state index in [0.29, 0.717) is 6.61 Å². The van der Waals surface area contributed by atoms with Gasteiger partial charge in [0.15, 0.2) is 0 Å². The highest BCUT2D eigenvalue weighted by atomic mass is 16.5. The van der Waals surface area contributed by atoms with Crippen LogP contribution in [0.4, 0.5) is 0 Å². The van der Waals surface area contributed by atoms with Crippen molar-refractivity contribution in [3.05, 3.63) is 29.3 Å². The minimum absolute atomic E-state index is 0.238. The van der Waals surface area contributed by atoms with Crippen molar-refractivity contribution in [3.63, 3.8) is 0 Å². The molecule has 0 spiro atoms. The molecule has 0 aliphatic heterocycles.